The molecule has 0 N–H and O–H groups in total. The van der Waals surface area contributed by atoms with Crippen molar-refractivity contribution >= 4 is 5.95 Å². The van der Waals surface area contributed by atoms with Gasteiger partial charge in [-0.3, -0.25) is 9.25 Å². The Kier molecular flexibility index (Phi) is 4.51. The lowest BCUT2D eigenvalue weighted by Gasteiger charge is -2.18. The zero-order chi connectivity index (χ0) is 17.3. The van der Waals surface area contributed by atoms with Gasteiger partial charge in [0.1, 0.15) is 12.2 Å². The van der Waals surface area contributed by atoms with Crippen LogP contribution in [0.2, 0.25) is 0 Å². The van der Waals surface area contributed by atoms with Crippen LogP contribution in [0.1, 0.15) is 24.7 Å². The third-order valence-corrected chi connectivity index (χ3v) is 4.33. The van der Waals surface area contributed by atoms with E-state index in [-0.39, 0.29) is 5.82 Å². The molecule has 0 saturated carbocycles. The molecule has 2 aromatic rings. The van der Waals surface area contributed by atoms with E-state index in [1.807, 2.05) is 31.3 Å². The molecule has 2 aromatic heterocycles. The van der Waals surface area contributed by atoms with Crippen LogP contribution in [-0.4, -0.2) is 43.8 Å². The van der Waals surface area contributed by atoms with Crippen LogP contribution in [0.5, 0.6) is 0 Å². The zero-order valence-corrected chi connectivity index (χ0v) is 13.8. The summed E-state index contributed by atoms with van der Waals surface area (Å²) < 4.78 is 41.3. The summed E-state index contributed by atoms with van der Waals surface area (Å²) in [6.07, 6.45) is 0.448. The molecule has 1 atom stereocenters. The van der Waals surface area contributed by atoms with Crippen LogP contribution in [0.15, 0.2) is 12.4 Å². The number of hydrogen-bond acceptors (Lipinski definition) is 4. The molecule has 1 unspecified atom stereocenters. The Morgan fingerprint density at radius 1 is 1.29 bits per heavy atom. The summed E-state index contributed by atoms with van der Waals surface area (Å²) in [5.74, 6) is 0.975. The Balaban J connectivity index is 1.69. The maximum atomic E-state index is 12.6. The molecule has 0 amide bonds. The molecule has 0 aliphatic carbocycles. The number of aromatic nitrogens is 5. The first-order chi connectivity index (χ1) is 11.4. The average Bonchev–Trinajstić information content (AvgIpc) is 3.18. The second kappa shape index (κ2) is 6.45. The van der Waals surface area contributed by atoms with Crippen LogP contribution in [0, 0.1) is 5.92 Å². The minimum Gasteiger partial charge on any atom is -0.341 e. The van der Waals surface area contributed by atoms with Gasteiger partial charge in [-0.1, -0.05) is 0 Å². The van der Waals surface area contributed by atoms with Crippen LogP contribution in [0.25, 0.3) is 0 Å². The van der Waals surface area contributed by atoms with Crippen molar-refractivity contribution in [2.45, 2.75) is 38.9 Å². The molecular formula is C15H21F3N6. The van der Waals surface area contributed by atoms with Crippen molar-refractivity contribution in [1.82, 2.24) is 24.5 Å². The van der Waals surface area contributed by atoms with Gasteiger partial charge < -0.3 is 4.90 Å². The Morgan fingerprint density at radius 2 is 2.08 bits per heavy atom. The number of aryl methyl sites for hydroxylation is 1. The molecule has 0 aromatic carbocycles. The number of anilines is 1. The molecule has 0 radical (unpaired) electrons. The fourth-order valence-corrected chi connectivity index (χ4v) is 3.29. The molecule has 132 valence electrons. The van der Waals surface area contributed by atoms with Crippen molar-refractivity contribution in [3.8, 4) is 0 Å². The normalized spacial score (nSPS) is 18.5. The van der Waals surface area contributed by atoms with Crippen LogP contribution in [0.4, 0.5) is 19.1 Å². The SMILES string of the molecule is CCn1c(CC(F)(F)F)nnc1N1CCC(Cc2cnn(C)c2)C1. The molecule has 9 heteroatoms. The van der Waals surface area contributed by atoms with Gasteiger partial charge in [0, 0.05) is 32.9 Å². The molecule has 1 saturated heterocycles. The highest BCUT2D eigenvalue weighted by atomic mass is 19.4. The summed E-state index contributed by atoms with van der Waals surface area (Å²) in [4.78, 5) is 2.04. The monoisotopic (exact) mass is 342 g/mol. The first kappa shape index (κ1) is 16.8. The fraction of sp³-hybridized carbons (Fsp3) is 0.667. The van der Waals surface area contributed by atoms with Crippen molar-refractivity contribution in [2.75, 3.05) is 18.0 Å². The minimum absolute atomic E-state index is 0.0179. The zero-order valence-electron chi connectivity index (χ0n) is 13.8. The van der Waals surface area contributed by atoms with Gasteiger partial charge in [-0.25, -0.2) is 0 Å². The maximum absolute atomic E-state index is 12.6. The van der Waals surface area contributed by atoms with E-state index in [0.717, 1.165) is 25.9 Å². The molecule has 3 heterocycles. The quantitative estimate of drug-likeness (QED) is 0.836. The van der Waals surface area contributed by atoms with E-state index in [9.17, 15) is 13.2 Å². The molecule has 3 rings (SSSR count). The van der Waals surface area contributed by atoms with E-state index < -0.39 is 12.6 Å². The summed E-state index contributed by atoms with van der Waals surface area (Å²) in [5.41, 5.74) is 1.18. The molecule has 6 nitrogen and oxygen atoms in total. The van der Waals surface area contributed by atoms with Crippen molar-refractivity contribution in [3.63, 3.8) is 0 Å². The Hall–Kier alpha value is -2.06. The lowest BCUT2D eigenvalue weighted by atomic mass is 10.0. The predicted molar refractivity (Wildman–Crippen MR) is 82.7 cm³/mol. The van der Waals surface area contributed by atoms with Crippen LogP contribution < -0.4 is 4.90 Å². The minimum atomic E-state index is -4.27. The van der Waals surface area contributed by atoms with E-state index in [0.29, 0.717) is 18.4 Å². The van der Waals surface area contributed by atoms with Gasteiger partial charge in [0.15, 0.2) is 0 Å². The molecule has 1 fully saturated rings. The lowest BCUT2D eigenvalue weighted by Crippen LogP contribution is -2.25. The highest BCUT2D eigenvalue weighted by Crippen LogP contribution is 2.27. The Bertz CT molecular complexity index is 690. The first-order valence-electron chi connectivity index (χ1n) is 8.07. The van der Waals surface area contributed by atoms with E-state index in [2.05, 4.69) is 15.3 Å². The summed E-state index contributed by atoms with van der Waals surface area (Å²) in [7, 11) is 1.89. The van der Waals surface area contributed by atoms with Gasteiger partial charge in [0.25, 0.3) is 0 Å². The number of alkyl halides is 3. The topological polar surface area (TPSA) is 51.8 Å². The fourth-order valence-electron chi connectivity index (χ4n) is 3.29. The van der Waals surface area contributed by atoms with Crippen molar-refractivity contribution in [1.29, 1.82) is 0 Å². The number of halogens is 3. The molecule has 0 bridgehead atoms. The molecule has 0 spiro atoms. The van der Waals surface area contributed by atoms with Crippen molar-refractivity contribution in [2.24, 2.45) is 13.0 Å². The second-order valence-corrected chi connectivity index (χ2v) is 6.28. The number of nitrogens with zero attached hydrogens (tertiary/aromatic N) is 6. The smallest absolute Gasteiger partial charge is 0.341 e. The average molecular weight is 342 g/mol. The highest BCUT2D eigenvalue weighted by Gasteiger charge is 2.33. The molecule has 24 heavy (non-hydrogen) atoms. The molecule has 1 aliphatic heterocycles. The number of hydrogen-bond donors (Lipinski definition) is 0. The Morgan fingerprint density at radius 3 is 2.71 bits per heavy atom. The highest BCUT2D eigenvalue weighted by molar-refractivity contribution is 5.33. The summed E-state index contributed by atoms with van der Waals surface area (Å²) >= 11 is 0. The molecular weight excluding hydrogens is 321 g/mol. The van der Waals surface area contributed by atoms with E-state index in [1.54, 1.807) is 9.25 Å². The Labute approximate surface area is 138 Å². The largest absolute Gasteiger partial charge is 0.396 e. The van der Waals surface area contributed by atoms with Gasteiger partial charge in [-0.05, 0) is 31.2 Å². The van der Waals surface area contributed by atoms with Gasteiger partial charge >= 0.3 is 6.18 Å². The lowest BCUT2D eigenvalue weighted by molar-refractivity contribution is -0.129. The third kappa shape index (κ3) is 3.70. The number of rotatable bonds is 5. The van der Waals surface area contributed by atoms with Crippen LogP contribution in [0.3, 0.4) is 0 Å². The van der Waals surface area contributed by atoms with Crippen LogP contribution >= 0.6 is 0 Å². The third-order valence-electron chi connectivity index (χ3n) is 4.33. The van der Waals surface area contributed by atoms with Crippen molar-refractivity contribution in [3.05, 3.63) is 23.8 Å². The van der Waals surface area contributed by atoms with Gasteiger partial charge in [-0.2, -0.15) is 18.3 Å². The summed E-state index contributed by atoms with van der Waals surface area (Å²) in [5, 5.41) is 12.0. The first-order valence-corrected chi connectivity index (χ1v) is 8.07. The second-order valence-electron chi connectivity index (χ2n) is 6.28. The van der Waals surface area contributed by atoms with Gasteiger partial charge in [0.05, 0.1) is 6.20 Å². The van der Waals surface area contributed by atoms with Gasteiger partial charge in [0.2, 0.25) is 5.95 Å². The van der Waals surface area contributed by atoms with Crippen LogP contribution in [-0.2, 0) is 26.4 Å². The predicted octanol–water partition coefficient (Wildman–Crippen LogP) is 2.21. The van der Waals surface area contributed by atoms with Gasteiger partial charge in [-0.15, -0.1) is 10.2 Å². The van der Waals surface area contributed by atoms with E-state index in [1.165, 1.54) is 5.56 Å². The maximum Gasteiger partial charge on any atom is 0.396 e. The van der Waals surface area contributed by atoms with Crippen molar-refractivity contribution < 1.29 is 13.2 Å². The standard InChI is InChI=1S/C15H21F3N6/c1-3-24-13(7-15(16,17)18)20-21-14(24)23-5-4-11(10-23)6-12-8-19-22(2)9-12/h8-9,11H,3-7,10H2,1-2H3. The van der Waals surface area contributed by atoms with E-state index in [4.69, 9.17) is 0 Å². The summed E-state index contributed by atoms with van der Waals surface area (Å²) in [6, 6.07) is 0. The summed E-state index contributed by atoms with van der Waals surface area (Å²) in [6.45, 7) is 3.81. The van der Waals surface area contributed by atoms with E-state index >= 15 is 0 Å². The molecule has 1 aliphatic rings.